The summed E-state index contributed by atoms with van der Waals surface area (Å²) < 4.78 is 0. The number of benzene rings is 1. The summed E-state index contributed by atoms with van der Waals surface area (Å²) in [7, 11) is 0. The number of carbonyl (C=O) groups is 1. The molecule has 1 atom stereocenters. The van der Waals surface area contributed by atoms with Crippen LogP contribution in [-0.2, 0) is 10.5 Å². The summed E-state index contributed by atoms with van der Waals surface area (Å²) in [6, 6.07) is 7.58. The second kappa shape index (κ2) is 5.57. The third-order valence-corrected chi connectivity index (χ3v) is 3.74. The molecule has 1 amide bonds. The van der Waals surface area contributed by atoms with Crippen molar-refractivity contribution < 1.29 is 4.79 Å². The van der Waals surface area contributed by atoms with Crippen molar-refractivity contribution in [3.05, 3.63) is 34.9 Å². The summed E-state index contributed by atoms with van der Waals surface area (Å²) in [6.07, 6.45) is 0. The van der Waals surface area contributed by atoms with Crippen molar-refractivity contribution in [1.82, 2.24) is 0 Å². The van der Waals surface area contributed by atoms with E-state index in [4.69, 9.17) is 23.1 Å². The van der Waals surface area contributed by atoms with Crippen LogP contribution in [0, 0.1) is 0 Å². The summed E-state index contributed by atoms with van der Waals surface area (Å²) in [6.45, 7) is 1.64. The van der Waals surface area contributed by atoms with Gasteiger partial charge in [0.05, 0.1) is 0 Å². The third kappa shape index (κ3) is 4.04. The van der Waals surface area contributed by atoms with Crippen LogP contribution in [-0.4, -0.2) is 17.2 Å². The van der Waals surface area contributed by atoms with Crippen LogP contribution in [0.15, 0.2) is 24.3 Å². The SMILES string of the molecule is CC(N)(CSCc1ccc(Cl)cc1)C(N)=O. The molecule has 1 aromatic carbocycles. The molecule has 4 N–H and O–H groups in total. The fourth-order valence-electron chi connectivity index (χ4n) is 1.03. The van der Waals surface area contributed by atoms with Gasteiger partial charge >= 0.3 is 0 Å². The summed E-state index contributed by atoms with van der Waals surface area (Å²) in [4.78, 5) is 11.0. The maximum absolute atomic E-state index is 11.0. The lowest BCUT2D eigenvalue weighted by Gasteiger charge is -2.19. The van der Waals surface area contributed by atoms with Crippen LogP contribution in [0.5, 0.6) is 0 Å². The minimum atomic E-state index is -0.947. The highest BCUT2D eigenvalue weighted by molar-refractivity contribution is 7.98. The van der Waals surface area contributed by atoms with Crippen LogP contribution in [0.2, 0.25) is 5.02 Å². The topological polar surface area (TPSA) is 69.1 Å². The molecule has 0 bridgehead atoms. The smallest absolute Gasteiger partial charge is 0.238 e. The van der Waals surface area contributed by atoms with E-state index in [0.717, 1.165) is 16.3 Å². The van der Waals surface area contributed by atoms with E-state index in [9.17, 15) is 4.79 Å². The molecule has 5 heteroatoms. The Bertz CT molecular complexity index is 365. The van der Waals surface area contributed by atoms with E-state index in [1.165, 1.54) is 0 Å². The van der Waals surface area contributed by atoms with Crippen LogP contribution in [0.3, 0.4) is 0 Å². The number of rotatable bonds is 5. The van der Waals surface area contributed by atoms with Gasteiger partial charge in [0.25, 0.3) is 0 Å². The Balaban J connectivity index is 2.41. The monoisotopic (exact) mass is 258 g/mol. The van der Waals surface area contributed by atoms with Gasteiger partial charge in [0, 0.05) is 16.5 Å². The molecule has 0 heterocycles. The van der Waals surface area contributed by atoms with Gasteiger partial charge in [0.1, 0.15) is 5.54 Å². The average molecular weight is 259 g/mol. The summed E-state index contributed by atoms with van der Waals surface area (Å²) in [5.74, 6) is 0.818. The van der Waals surface area contributed by atoms with E-state index in [2.05, 4.69) is 0 Å². The predicted molar refractivity (Wildman–Crippen MR) is 69.4 cm³/mol. The number of thioether (sulfide) groups is 1. The first-order valence-electron chi connectivity index (χ1n) is 4.83. The number of hydrogen-bond donors (Lipinski definition) is 2. The molecule has 1 unspecified atom stereocenters. The highest BCUT2D eigenvalue weighted by Crippen LogP contribution is 2.18. The largest absolute Gasteiger partial charge is 0.368 e. The first-order chi connectivity index (χ1) is 7.42. The second-order valence-electron chi connectivity index (χ2n) is 3.90. The van der Waals surface area contributed by atoms with Crippen LogP contribution < -0.4 is 11.5 Å². The minimum absolute atomic E-state index is 0.476. The fourth-order valence-corrected chi connectivity index (χ4v) is 2.26. The van der Waals surface area contributed by atoms with Gasteiger partial charge in [-0.1, -0.05) is 23.7 Å². The van der Waals surface area contributed by atoms with Crippen molar-refractivity contribution in [3.8, 4) is 0 Å². The Hall–Kier alpha value is -0.710. The number of hydrogen-bond acceptors (Lipinski definition) is 3. The quantitative estimate of drug-likeness (QED) is 0.846. The lowest BCUT2D eigenvalue weighted by molar-refractivity contribution is -0.121. The third-order valence-electron chi connectivity index (χ3n) is 2.15. The minimum Gasteiger partial charge on any atom is -0.368 e. The van der Waals surface area contributed by atoms with E-state index in [0.29, 0.717) is 5.75 Å². The van der Waals surface area contributed by atoms with Crippen LogP contribution >= 0.6 is 23.4 Å². The maximum Gasteiger partial charge on any atom is 0.238 e. The lowest BCUT2D eigenvalue weighted by Crippen LogP contribution is -2.51. The first kappa shape index (κ1) is 13.4. The number of halogens is 1. The molecule has 88 valence electrons. The molecule has 0 saturated heterocycles. The first-order valence-corrected chi connectivity index (χ1v) is 6.36. The van der Waals surface area contributed by atoms with Crippen molar-refractivity contribution in [2.75, 3.05) is 5.75 Å². The Labute approximate surface area is 105 Å². The average Bonchev–Trinajstić information content (AvgIpc) is 2.20. The molecule has 0 radical (unpaired) electrons. The highest BCUT2D eigenvalue weighted by Gasteiger charge is 2.25. The van der Waals surface area contributed by atoms with Gasteiger partial charge in [-0.05, 0) is 24.6 Å². The van der Waals surface area contributed by atoms with Gasteiger partial charge in [-0.2, -0.15) is 11.8 Å². The zero-order valence-electron chi connectivity index (χ0n) is 9.07. The van der Waals surface area contributed by atoms with Crippen molar-refractivity contribution in [1.29, 1.82) is 0 Å². The molecular weight excluding hydrogens is 244 g/mol. The predicted octanol–water partition coefficient (Wildman–Crippen LogP) is 1.78. The molecule has 1 aromatic rings. The molecule has 0 aromatic heterocycles. The van der Waals surface area contributed by atoms with Gasteiger partial charge in [0.2, 0.25) is 5.91 Å². The number of nitrogens with two attached hydrogens (primary N) is 2. The van der Waals surface area contributed by atoms with Gasteiger partial charge in [0.15, 0.2) is 0 Å². The molecule has 0 aliphatic rings. The van der Waals surface area contributed by atoms with Crippen molar-refractivity contribution in [2.45, 2.75) is 18.2 Å². The number of carbonyl (C=O) groups excluding carboxylic acids is 1. The van der Waals surface area contributed by atoms with Crippen molar-refractivity contribution >= 4 is 29.3 Å². The summed E-state index contributed by atoms with van der Waals surface area (Å²) in [5.41, 5.74) is 11.1. The fraction of sp³-hybridized carbons (Fsp3) is 0.364. The van der Waals surface area contributed by atoms with Crippen molar-refractivity contribution in [2.24, 2.45) is 11.5 Å². The zero-order chi connectivity index (χ0) is 12.2. The molecule has 1 rings (SSSR count). The zero-order valence-corrected chi connectivity index (χ0v) is 10.6. The van der Waals surface area contributed by atoms with E-state index >= 15 is 0 Å². The van der Waals surface area contributed by atoms with Crippen molar-refractivity contribution in [3.63, 3.8) is 0 Å². The van der Waals surface area contributed by atoms with Crippen LogP contribution in [0.1, 0.15) is 12.5 Å². The molecule has 16 heavy (non-hydrogen) atoms. The summed E-state index contributed by atoms with van der Waals surface area (Å²) >= 11 is 7.35. The standard InChI is InChI=1S/C11H15ClN2OS/c1-11(14,10(13)15)7-16-6-8-2-4-9(12)5-3-8/h2-5H,6-7,14H2,1H3,(H2,13,15). The van der Waals surface area contributed by atoms with E-state index in [1.54, 1.807) is 18.7 Å². The normalized spacial score (nSPS) is 14.4. The molecular formula is C11H15ClN2OS. The maximum atomic E-state index is 11.0. The van der Waals surface area contributed by atoms with E-state index in [1.807, 2.05) is 24.3 Å². The van der Waals surface area contributed by atoms with Crippen LogP contribution in [0.4, 0.5) is 0 Å². The molecule has 0 aliphatic carbocycles. The number of primary amides is 1. The molecule has 0 fully saturated rings. The molecule has 3 nitrogen and oxygen atoms in total. The Morgan fingerprint density at radius 3 is 2.50 bits per heavy atom. The lowest BCUT2D eigenvalue weighted by atomic mass is 10.1. The van der Waals surface area contributed by atoms with Gasteiger partial charge in [-0.25, -0.2) is 0 Å². The second-order valence-corrected chi connectivity index (χ2v) is 5.32. The molecule has 0 spiro atoms. The van der Waals surface area contributed by atoms with Crippen LogP contribution in [0.25, 0.3) is 0 Å². The van der Waals surface area contributed by atoms with E-state index < -0.39 is 11.4 Å². The Kier molecular flexibility index (Phi) is 4.65. The highest BCUT2D eigenvalue weighted by atomic mass is 35.5. The molecule has 0 aliphatic heterocycles. The Morgan fingerprint density at radius 1 is 1.44 bits per heavy atom. The number of amides is 1. The summed E-state index contributed by atoms with van der Waals surface area (Å²) in [5, 5.41) is 0.717. The molecule has 0 saturated carbocycles. The van der Waals surface area contributed by atoms with Gasteiger partial charge < -0.3 is 11.5 Å². The van der Waals surface area contributed by atoms with Gasteiger partial charge in [-0.15, -0.1) is 0 Å². The Morgan fingerprint density at radius 2 is 2.00 bits per heavy atom. The van der Waals surface area contributed by atoms with Gasteiger partial charge in [-0.3, -0.25) is 4.79 Å². The van der Waals surface area contributed by atoms with E-state index in [-0.39, 0.29) is 0 Å².